The second kappa shape index (κ2) is 3.48. The Bertz CT molecular complexity index is 387. The van der Waals surface area contributed by atoms with Gasteiger partial charge in [-0.05, 0) is 30.0 Å². The molecule has 1 saturated carbocycles. The first kappa shape index (κ1) is 9.64. The van der Waals surface area contributed by atoms with Gasteiger partial charge in [0.15, 0.2) is 0 Å². The third kappa shape index (κ3) is 1.48. The van der Waals surface area contributed by atoms with Gasteiger partial charge in [0.05, 0.1) is 0 Å². The molecule has 1 aromatic carbocycles. The molecule has 80 valence electrons. The van der Waals surface area contributed by atoms with Crippen molar-refractivity contribution in [2.24, 2.45) is 5.73 Å². The Morgan fingerprint density at radius 3 is 2.87 bits per heavy atom. The minimum Gasteiger partial charge on any atom is -0.329 e. The molecule has 1 unspecified atom stereocenters. The van der Waals surface area contributed by atoms with Crippen molar-refractivity contribution in [3.8, 4) is 0 Å². The van der Waals surface area contributed by atoms with Crippen LogP contribution in [0.4, 0.5) is 0 Å². The zero-order valence-corrected chi connectivity index (χ0v) is 9.37. The minimum atomic E-state index is 0.395. The van der Waals surface area contributed by atoms with Crippen LogP contribution in [0.15, 0.2) is 18.2 Å². The van der Waals surface area contributed by atoms with E-state index in [1.54, 1.807) is 0 Å². The van der Waals surface area contributed by atoms with Crippen molar-refractivity contribution < 1.29 is 0 Å². The van der Waals surface area contributed by atoms with Crippen molar-refractivity contribution in [2.45, 2.75) is 31.5 Å². The summed E-state index contributed by atoms with van der Waals surface area (Å²) in [5, 5.41) is 0.897. The number of hydrogen-bond acceptors (Lipinski definition) is 2. The van der Waals surface area contributed by atoms with Crippen molar-refractivity contribution in [3.05, 3.63) is 34.3 Å². The molecule has 2 nitrogen and oxygen atoms in total. The normalized spacial score (nSPS) is 25.6. The van der Waals surface area contributed by atoms with Gasteiger partial charge in [-0.15, -0.1) is 0 Å². The summed E-state index contributed by atoms with van der Waals surface area (Å²) in [7, 11) is 0. The van der Waals surface area contributed by atoms with Crippen LogP contribution in [0.3, 0.4) is 0 Å². The Labute approximate surface area is 95.0 Å². The van der Waals surface area contributed by atoms with Crippen LogP contribution in [-0.4, -0.2) is 17.5 Å². The summed E-state index contributed by atoms with van der Waals surface area (Å²) in [5.41, 5.74) is 8.51. The fourth-order valence-electron chi connectivity index (χ4n) is 2.58. The van der Waals surface area contributed by atoms with Crippen LogP contribution in [0.1, 0.15) is 30.0 Å². The van der Waals surface area contributed by atoms with Gasteiger partial charge in [0.1, 0.15) is 0 Å². The summed E-state index contributed by atoms with van der Waals surface area (Å²) in [5.74, 6) is 0. The fourth-order valence-corrected chi connectivity index (χ4v) is 2.82. The van der Waals surface area contributed by atoms with Gasteiger partial charge >= 0.3 is 0 Å². The Balaban J connectivity index is 2.00. The second-order valence-corrected chi connectivity index (χ2v) is 4.87. The molecule has 15 heavy (non-hydrogen) atoms. The number of benzene rings is 1. The van der Waals surface area contributed by atoms with Crippen molar-refractivity contribution in [3.63, 3.8) is 0 Å². The lowest BCUT2D eigenvalue weighted by molar-refractivity contribution is 0.209. The van der Waals surface area contributed by atoms with E-state index in [9.17, 15) is 0 Å². The molecular formula is C12H15ClN2. The van der Waals surface area contributed by atoms with Gasteiger partial charge in [-0.2, -0.15) is 0 Å². The van der Waals surface area contributed by atoms with E-state index in [-0.39, 0.29) is 0 Å². The summed E-state index contributed by atoms with van der Waals surface area (Å²) in [6.07, 6.45) is 2.64. The second-order valence-electron chi connectivity index (χ2n) is 4.46. The number of rotatable bonds is 2. The first-order valence-electron chi connectivity index (χ1n) is 5.54. The van der Waals surface area contributed by atoms with E-state index < -0.39 is 0 Å². The summed E-state index contributed by atoms with van der Waals surface area (Å²) in [6.45, 7) is 1.69. The average Bonchev–Trinajstić information content (AvgIpc) is 3.00. The number of nitrogens with two attached hydrogens (primary N) is 1. The molecule has 2 aliphatic rings. The Morgan fingerprint density at radius 1 is 1.40 bits per heavy atom. The first-order chi connectivity index (χ1) is 7.31. The zero-order valence-electron chi connectivity index (χ0n) is 8.62. The molecule has 0 aromatic heterocycles. The van der Waals surface area contributed by atoms with Crippen LogP contribution >= 0.6 is 11.6 Å². The molecule has 1 atom stereocenters. The van der Waals surface area contributed by atoms with Crippen LogP contribution in [0, 0.1) is 0 Å². The Hall–Kier alpha value is -0.570. The maximum atomic E-state index is 6.21. The van der Waals surface area contributed by atoms with Gasteiger partial charge in [-0.1, -0.05) is 23.7 Å². The Morgan fingerprint density at radius 2 is 2.20 bits per heavy atom. The van der Waals surface area contributed by atoms with E-state index >= 15 is 0 Å². The predicted octanol–water partition coefficient (Wildman–Crippen LogP) is 2.32. The molecule has 3 heteroatoms. The summed E-state index contributed by atoms with van der Waals surface area (Å²) in [4.78, 5) is 2.51. The van der Waals surface area contributed by atoms with Gasteiger partial charge in [0.2, 0.25) is 0 Å². The Kier molecular flexibility index (Phi) is 2.23. The van der Waals surface area contributed by atoms with Crippen LogP contribution in [0.2, 0.25) is 5.02 Å². The zero-order chi connectivity index (χ0) is 10.4. The van der Waals surface area contributed by atoms with E-state index in [1.807, 2.05) is 12.1 Å². The maximum absolute atomic E-state index is 6.21. The molecule has 0 amide bonds. The largest absolute Gasteiger partial charge is 0.329 e. The average molecular weight is 223 g/mol. The SMILES string of the molecule is NCC1c2cccc(Cl)c2CN1C1CC1. The van der Waals surface area contributed by atoms with Crippen LogP contribution in [0.5, 0.6) is 0 Å². The lowest BCUT2D eigenvalue weighted by Gasteiger charge is -2.23. The summed E-state index contributed by atoms with van der Waals surface area (Å²) in [6, 6.07) is 7.32. The third-order valence-corrected chi connectivity index (χ3v) is 3.85. The monoisotopic (exact) mass is 222 g/mol. The number of fused-ring (bicyclic) bond motifs is 1. The molecule has 1 heterocycles. The highest BCUT2D eigenvalue weighted by Gasteiger charge is 2.39. The topological polar surface area (TPSA) is 29.3 Å². The highest BCUT2D eigenvalue weighted by molar-refractivity contribution is 6.31. The smallest absolute Gasteiger partial charge is 0.0480 e. The van der Waals surface area contributed by atoms with Crippen LogP contribution < -0.4 is 5.73 Å². The summed E-state index contributed by atoms with van der Waals surface area (Å²) >= 11 is 6.21. The molecule has 1 aromatic rings. The predicted molar refractivity (Wildman–Crippen MR) is 61.8 cm³/mol. The lowest BCUT2D eigenvalue weighted by Crippen LogP contribution is -2.29. The molecule has 1 aliphatic heterocycles. The van der Waals surface area contributed by atoms with Crippen molar-refractivity contribution in [1.29, 1.82) is 0 Å². The highest BCUT2D eigenvalue weighted by atomic mass is 35.5. The van der Waals surface area contributed by atoms with E-state index in [0.717, 1.165) is 17.6 Å². The van der Waals surface area contributed by atoms with Gasteiger partial charge < -0.3 is 5.73 Å². The molecule has 0 spiro atoms. The number of nitrogens with zero attached hydrogens (tertiary/aromatic N) is 1. The molecule has 2 N–H and O–H groups in total. The highest BCUT2D eigenvalue weighted by Crippen LogP contribution is 2.43. The standard InChI is InChI=1S/C12H15ClN2/c13-11-3-1-2-9-10(11)7-15(8-4-5-8)12(9)6-14/h1-3,8,12H,4-7,14H2. The lowest BCUT2D eigenvalue weighted by atomic mass is 10.1. The first-order valence-corrected chi connectivity index (χ1v) is 5.92. The molecule has 3 rings (SSSR count). The quantitative estimate of drug-likeness (QED) is 0.832. The molecule has 1 aliphatic carbocycles. The van der Waals surface area contributed by atoms with Gasteiger partial charge in [-0.25, -0.2) is 0 Å². The van der Waals surface area contributed by atoms with Crippen molar-refractivity contribution in [1.82, 2.24) is 4.90 Å². The number of halogens is 1. The fraction of sp³-hybridized carbons (Fsp3) is 0.500. The van der Waals surface area contributed by atoms with E-state index in [2.05, 4.69) is 11.0 Å². The molecular weight excluding hydrogens is 208 g/mol. The van der Waals surface area contributed by atoms with Gasteiger partial charge in [0.25, 0.3) is 0 Å². The molecule has 1 fully saturated rings. The molecule has 0 saturated heterocycles. The number of hydrogen-bond donors (Lipinski definition) is 1. The van der Waals surface area contributed by atoms with Crippen molar-refractivity contribution in [2.75, 3.05) is 6.54 Å². The maximum Gasteiger partial charge on any atom is 0.0480 e. The van der Waals surface area contributed by atoms with Crippen LogP contribution in [-0.2, 0) is 6.54 Å². The van der Waals surface area contributed by atoms with E-state index in [4.69, 9.17) is 17.3 Å². The van der Waals surface area contributed by atoms with Gasteiger partial charge in [0, 0.05) is 30.2 Å². The minimum absolute atomic E-state index is 0.395. The van der Waals surface area contributed by atoms with Crippen LogP contribution in [0.25, 0.3) is 0 Å². The summed E-state index contributed by atoms with van der Waals surface area (Å²) < 4.78 is 0. The third-order valence-electron chi connectivity index (χ3n) is 3.49. The van der Waals surface area contributed by atoms with E-state index in [1.165, 1.54) is 24.0 Å². The van der Waals surface area contributed by atoms with Crippen molar-refractivity contribution >= 4 is 11.6 Å². The van der Waals surface area contributed by atoms with Gasteiger partial charge in [-0.3, -0.25) is 4.90 Å². The van der Waals surface area contributed by atoms with E-state index in [0.29, 0.717) is 12.6 Å². The molecule has 0 radical (unpaired) electrons. The molecule has 0 bridgehead atoms.